The Kier molecular flexibility index (Phi) is 8.92. The van der Waals surface area contributed by atoms with Gasteiger partial charge in [-0.1, -0.05) is 24.3 Å². The lowest BCUT2D eigenvalue weighted by Crippen LogP contribution is -2.53. The van der Waals surface area contributed by atoms with E-state index in [0.29, 0.717) is 32.7 Å². The van der Waals surface area contributed by atoms with Crippen LogP contribution in [0.3, 0.4) is 0 Å². The molecule has 0 radical (unpaired) electrons. The largest absolute Gasteiger partial charge is 0.341 e. The summed E-state index contributed by atoms with van der Waals surface area (Å²) in [4.78, 5) is 39.7. The molecule has 0 atom stereocenters. The number of nitrogens with one attached hydrogen (secondary N) is 2. The summed E-state index contributed by atoms with van der Waals surface area (Å²) in [5.41, 5.74) is 1.84. The van der Waals surface area contributed by atoms with Crippen LogP contribution in [0.5, 0.6) is 0 Å². The van der Waals surface area contributed by atoms with Gasteiger partial charge in [-0.15, -0.1) is 0 Å². The maximum Gasteiger partial charge on any atom is 0.317 e. The Morgan fingerprint density at radius 3 is 1.85 bits per heavy atom. The van der Waals surface area contributed by atoms with Crippen LogP contribution in [0.2, 0.25) is 0 Å². The summed E-state index contributed by atoms with van der Waals surface area (Å²) in [7, 11) is 1.54. The molecule has 4 amide bonds. The van der Waals surface area contributed by atoms with E-state index in [2.05, 4.69) is 10.6 Å². The highest BCUT2D eigenvalue weighted by Crippen LogP contribution is 2.11. The van der Waals surface area contributed by atoms with Gasteiger partial charge in [0, 0.05) is 46.3 Å². The first-order chi connectivity index (χ1) is 16.4. The molecule has 10 heteroatoms. The lowest BCUT2D eigenvalue weighted by atomic mass is 10.2. The number of hydrogen-bond acceptors (Lipinski definition) is 4. The molecule has 0 saturated carbocycles. The van der Waals surface area contributed by atoms with Crippen LogP contribution in [0, 0.1) is 11.6 Å². The van der Waals surface area contributed by atoms with Crippen molar-refractivity contribution in [2.75, 3.05) is 46.3 Å². The Morgan fingerprint density at radius 1 is 0.853 bits per heavy atom. The third kappa shape index (κ3) is 7.24. The van der Waals surface area contributed by atoms with Gasteiger partial charge in [-0.3, -0.25) is 9.59 Å². The predicted molar refractivity (Wildman–Crippen MR) is 123 cm³/mol. The van der Waals surface area contributed by atoms with Gasteiger partial charge < -0.3 is 25.3 Å². The first-order valence-electron chi connectivity index (χ1n) is 11.1. The van der Waals surface area contributed by atoms with Gasteiger partial charge in [0.25, 0.3) is 0 Å². The SMILES string of the molecule is CNC(=O)N1CCN(Cc2ccc(F)cc2)C(=O)C1.O=C1CNCCN1Cc1ccc(F)cc1. The van der Waals surface area contributed by atoms with Gasteiger partial charge in [-0.2, -0.15) is 0 Å². The highest BCUT2D eigenvalue weighted by Gasteiger charge is 2.26. The molecule has 4 rings (SSSR count). The molecule has 8 nitrogen and oxygen atoms in total. The summed E-state index contributed by atoms with van der Waals surface area (Å²) in [5.74, 6) is -0.533. The first kappa shape index (κ1) is 25.1. The second-order valence-electron chi connectivity index (χ2n) is 8.04. The molecular formula is C24H29F2N5O3. The fraction of sp³-hybridized carbons (Fsp3) is 0.375. The zero-order valence-corrected chi connectivity index (χ0v) is 19.1. The Balaban J connectivity index is 0.000000196. The standard InChI is InChI=1S/C13H16FN3O2.C11H13FN2O/c1-15-13(19)17-7-6-16(12(18)9-17)8-10-2-4-11(14)5-3-10;12-10-3-1-9(2-4-10)8-14-6-5-13-7-11(14)15/h2-5H,6-9H2,1H3,(H,15,19);1-4,13H,5-8H2. The number of nitrogens with zero attached hydrogens (tertiary/aromatic N) is 3. The summed E-state index contributed by atoms with van der Waals surface area (Å²) in [6.07, 6.45) is 0. The average molecular weight is 474 g/mol. The molecule has 2 aliphatic heterocycles. The number of carbonyl (C=O) groups excluding carboxylic acids is 3. The van der Waals surface area contributed by atoms with E-state index in [4.69, 9.17) is 0 Å². The summed E-state index contributed by atoms with van der Waals surface area (Å²) < 4.78 is 25.4. The van der Waals surface area contributed by atoms with Crippen molar-refractivity contribution in [2.24, 2.45) is 0 Å². The number of urea groups is 1. The molecule has 0 aliphatic carbocycles. The van der Waals surface area contributed by atoms with Crippen LogP contribution in [0.4, 0.5) is 13.6 Å². The zero-order chi connectivity index (χ0) is 24.5. The highest BCUT2D eigenvalue weighted by atomic mass is 19.1. The number of amides is 4. The molecule has 2 N–H and O–H groups in total. The number of halogens is 2. The molecule has 2 aliphatic rings. The van der Waals surface area contributed by atoms with Crippen LogP contribution < -0.4 is 10.6 Å². The van der Waals surface area contributed by atoms with E-state index in [9.17, 15) is 23.2 Å². The monoisotopic (exact) mass is 473 g/mol. The molecule has 2 saturated heterocycles. The lowest BCUT2D eigenvalue weighted by Gasteiger charge is -2.34. The van der Waals surface area contributed by atoms with E-state index < -0.39 is 0 Å². The van der Waals surface area contributed by atoms with E-state index >= 15 is 0 Å². The fourth-order valence-corrected chi connectivity index (χ4v) is 3.64. The van der Waals surface area contributed by atoms with Crippen LogP contribution in [0.1, 0.15) is 11.1 Å². The maximum absolute atomic E-state index is 12.8. The van der Waals surface area contributed by atoms with Gasteiger partial charge in [-0.05, 0) is 35.4 Å². The molecule has 182 valence electrons. The maximum atomic E-state index is 12.8. The van der Waals surface area contributed by atoms with Gasteiger partial charge in [0.1, 0.15) is 18.2 Å². The molecule has 2 heterocycles. The van der Waals surface area contributed by atoms with Crippen LogP contribution in [-0.4, -0.2) is 78.9 Å². The normalized spacial score (nSPS) is 16.1. The molecule has 0 bridgehead atoms. The molecule has 0 unspecified atom stereocenters. The Morgan fingerprint density at radius 2 is 1.38 bits per heavy atom. The Bertz CT molecular complexity index is 985. The molecule has 0 spiro atoms. The minimum atomic E-state index is -0.292. The number of rotatable bonds is 4. The zero-order valence-electron chi connectivity index (χ0n) is 19.1. The first-order valence-corrected chi connectivity index (χ1v) is 11.1. The number of piperazine rings is 2. The van der Waals surface area contributed by atoms with Crippen molar-refractivity contribution < 1.29 is 23.2 Å². The summed E-state index contributed by atoms with van der Waals surface area (Å²) in [6, 6.07) is 12.1. The van der Waals surface area contributed by atoms with Gasteiger partial charge >= 0.3 is 6.03 Å². The third-order valence-corrected chi connectivity index (χ3v) is 5.58. The number of carbonyl (C=O) groups is 3. The van der Waals surface area contributed by atoms with E-state index in [0.717, 1.165) is 24.2 Å². The predicted octanol–water partition coefficient (Wildman–Crippen LogP) is 1.57. The number of hydrogen-bond donors (Lipinski definition) is 2. The van der Waals surface area contributed by atoms with Crippen LogP contribution in [-0.2, 0) is 22.7 Å². The number of benzene rings is 2. The third-order valence-electron chi connectivity index (χ3n) is 5.58. The van der Waals surface area contributed by atoms with E-state index in [1.165, 1.54) is 36.2 Å². The van der Waals surface area contributed by atoms with Crippen LogP contribution >= 0.6 is 0 Å². The molecule has 0 aromatic heterocycles. The van der Waals surface area contributed by atoms with Crippen molar-refractivity contribution in [3.05, 3.63) is 71.3 Å². The smallest absolute Gasteiger partial charge is 0.317 e. The van der Waals surface area contributed by atoms with E-state index in [1.807, 2.05) is 0 Å². The van der Waals surface area contributed by atoms with Crippen LogP contribution in [0.25, 0.3) is 0 Å². The lowest BCUT2D eigenvalue weighted by molar-refractivity contribution is -0.135. The quantitative estimate of drug-likeness (QED) is 0.706. The minimum absolute atomic E-state index is 0.0842. The van der Waals surface area contributed by atoms with Crippen molar-refractivity contribution in [1.29, 1.82) is 0 Å². The molecular weight excluding hydrogens is 444 g/mol. The van der Waals surface area contributed by atoms with E-state index in [1.54, 1.807) is 34.1 Å². The Hall–Kier alpha value is -3.53. The second kappa shape index (κ2) is 12.1. The topological polar surface area (TPSA) is 85.0 Å². The van der Waals surface area contributed by atoms with Gasteiger partial charge in [0.05, 0.1) is 6.54 Å². The molecule has 2 aromatic carbocycles. The summed E-state index contributed by atoms with van der Waals surface area (Å²) in [6.45, 7) is 4.04. The fourth-order valence-electron chi connectivity index (χ4n) is 3.64. The van der Waals surface area contributed by atoms with Gasteiger partial charge in [-0.25, -0.2) is 13.6 Å². The molecule has 2 aromatic rings. The molecule has 2 fully saturated rings. The van der Waals surface area contributed by atoms with Crippen LogP contribution in [0.15, 0.2) is 48.5 Å². The highest BCUT2D eigenvalue weighted by molar-refractivity contribution is 5.85. The van der Waals surface area contributed by atoms with Crippen molar-refractivity contribution in [3.8, 4) is 0 Å². The van der Waals surface area contributed by atoms with Gasteiger partial charge in [0.2, 0.25) is 11.8 Å². The average Bonchev–Trinajstić information content (AvgIpc) is 2.84. The van der Waals surface area contributed by atoms with E-state index in [-0.39, 0.29) is 36.0 Å². The Labute approximate surface area is 197 Å². The van der Waals surface area contributed by atoms with Gasteiger partial charge in [0.15, 0.2) is 0 Å². The van der Waals surface area contributed by atoms with Crippen molar-refractivity contribution in [1.82, 2.24) is 25.3 Å². The second-order valence-corrected chi connectivity index (χ2v) is 8.04. The van der Waals surface area contributed by atoms with Crippen molar-refractivity contribution in [2.45, 2.75) is 13.1 Å². The summed E-state index contributed by atoms with van der Waals surface area (Å²) >= 11 is 0. The minimum Gasteiger partial charge on any atom is -0.341 e. The van der Waals surface area contributed by atoms with Crippen molar-refractivity contribution >= 4 is 17.8 Å². The molecule has 34 heavy (non-hydrogen) atoms. The summed E-state index contributed by atoms with van der Waals surface area (Å²) in [5, 5.41) is 5.51. The van der Waals surface area contributed by atoms with Crippen molar-refractivity contribution in [3.63, 3.8) is 0 Å².